The maximum atomic E-state index is 12.4. The highest BCUT2D eigenvalue weighted by molar-refractivity contribution is 5.82. The van der Waals surface area contributed by atoms with Crippen LogP contribution in [-0.4, -0.2) is 18.5 Å². The van der Waals surface area contributed by atoms with E-state index in [1.807, 2.05) is 0 Å². The van der Waals surface area contributed by atoms with E-state index in [1.165, 1.54) is 25.7 Å². The van der Waals surface area contributed by atoms with Crippen molar-refractivity contribution in [2.45, 2.75) is 70.8 Å². The van der Waals surface area contributed by atoms with Crippen molar-refractivity contribution < 1.29 is 4.79 Å². The molecule has 2 rings (SSSR count). The Kier molecular flexibility index (Phi) is 4.66. The van der Waals surface area contributed by atoms with E-state index in [0.717, 1.165) is 38.6 Å². The van der Waals surface area contributed by atoms with Crippen LogP contribution in [0.15, 0.2) is 0 Å². The summed E-state index contributed by atoms with van der Waals surface area (Å²) in [6.45, 7) is 3.03. The first-order chi connectivity index (χ1) is 8.66. The minimum Gasteiger partial charge on any atom is -0.355 e. The lowest BCUT2D eigenvalue weighted by atomic mass is 9.81. The van der Waals surface area contributed by atoms with E-state index in [-0.39, 0.29) is 5.41 Å². The molecular formula is C15H28N2O. The molecule has 0 spiro atoms. The summed E-state index contributed by atoms with van der Waals surface area (Å²) in [6.07, 6.45) is 10.2. The van der Waals surface area contributed by atoms with E-state index in [0.29, 0.717) is 17.9 Å². The first-order valence-electron chi connectivity index (χ1n) is 7.70. The summed E-state index contributed by atoms with van der Waals surface area (Å²) in [7, 11) is 0. The molecule has 2 saturated carbocycles. The predicted molar refractivity (Wildman–Crippen MR) is 74.1 cm³/mol. The lowest BCUT2D eigenvalue weighted by Crippen LogP contribution is -2.42. The second kappa shape index (κ2) is 6.05. The number of hydrogen-bond acceptors (Lipinski definition) is 2. The van der Waals surface area contributed by atoms with Gasteiger partial charge in [-0.15, -0.1) is 0 Å². The van der Waals surface area contributed by atoms with Crippen molar-refractivity contribution in [2.75, 3.05) is 6.54 Å². The zero-order chi connectivity index (χ0) is 13.0. The first-order valence-corrected chi connectivity index (χ1v) is 7.70. The molecule has 2 aliphatic rings. The van der Waals surface area contributed by atoms with Gasteiger partial charge >= 0.3 is 0 Å². The Bertz CT molecular complexity index is 276. The van der Waals surface area contributed by atoms with Crippen molar-refractivity contribution in [3.63, 3.8) is 0 Å². The maximum Gasteiger partial charge on any atom is 0.226 e. The average molecular weight is 252 g/mol. The van der Waals surface area contributed by atoms with Crippen LogP contribution >= 0.6 is 0 Å². The summed E-state index contributed by atoms with van der Waals surface area (Å²) in [5.41, 5.74) is 5.87. The third-order valence-electron chi connectivity index (χ3n) is 5.16. The van der Waals surface area contributed by atoms with Crippen LogP contribution in [0, 0.1) is 11.3 Å². The number of carbonyl (C=O) groups excluding carboxylic acids is 1. The number of nitrogens with two attached hydrogens (primary N) is 1. The van der Waals surface area contributed by atoms with Crippen LogP contribution in [0.2, 0.25) is 0 Å². The second-order valence-electron chi connectivity index (χ2n) is 6.33. The Hall–Kier alpha value is -0.570. The Labute approximate surface area is 111 Å². The first kappa shape index (κ1) is 13.9. The Morgan fingerprint density at radius 3 is 2.39 bits per heavy atom. The monoisotopic (exact) mass is 252 g/mol. The molecule has 0 aromatic carbocycles. The Morgan fingerprint density at radius 1 is 1.22 bits per heavy atom. The number of carbonyl (C=O) groups is 1. The van der Waals surface area contributed by atoms with Crippen molar-refractivity contribution in [3.8, 4) is 0 Å². The summed E-state index contributed by atoms with van der Waals surface area (Å²) >= 11 is 0. The van der Waals surface area contributed by atoms with E-state index in [9.17, 15) is 4.79 Å². The molecule has 0 heterocycles. The van der Waals surface area contributed by atoms with Crippen molar-refractivity contribution in [3.05, 3.63) is 0 Å². The van der Waals surface area contributed by atoms with Crippen molar-refractivity contribution in [2.24, 2.45) is 17.1 Å². The summed E-state index contributed by atoms with van der Waals surface area (Å²) in [5.74, 6) is 0.974. The van der Waals surface area contributed by atoms with Crippen molar-refractivity contribution in [1.29, 1.82) is 0 Å². The lowest BCUT2D eigenvalue weighted by molar-refractivity contribution is -0.131. The molecule has 0 aliphatic heterocycles. The molecule has 0 unspecified atom stereocenters. The molecule has 0 saturated heterocycles. The van der Waals surface area contributed by atoms with Gasteiger partial charge in [-0.05, 0) is 50.9 Å². The fourth-order valence-electron chi connectivity index (χ4n) is 3.61. The van der Waals surface area contributed by atoms with Crippen LogP contribution in [0.4, 0.5) is 0 Å². The predicted octanol–water partition coefficient (Wildman–Crippen LogP) is 2.59. The number of amides is 1. The molecule has 3 N–H and O–H groups in total. The molecular weight excluding hydrogens is 224 g/mol. The molecule has 0 radical (unpaired) electrons. The third-order valence-corrected chi connectivity index (χ3v) is 5.16. The van der Waals surface area contributed by atoms with Crippen LogP contribution in [0.5, 0.6) is 0 Å². The highest BCUT2D eigenvalue weighted by Crippen LogP contribution is 2.41. The zero-order valence-electron chi connectivity index (χ0n) is 11.7. The van der Waals surface area contributed by atoms with E-state index < -0.39 is 0 Å². The maximum absolute atomic E-state index is 12.4. The molecule has 18 heavy (non-hydrogen) atoms. The van der Waals surface area contributed by atoms with E-state index in [1.54, 1.807) is 0 Å². The van der Waals surface area contributed by atoms with Gasteiger partial charge in [0.05, 0.1) is 0 Å². The van der Waals surface area contributed by atoms with Crippen LogP contribution < -0.4 is 11.1 Å². The molecule has 0 aromatic rings. The van der Waals surface area contributed by atoms with Gasteiger partial charge in [0, 0.05) is 18.0 Å². The Balaban J connectivity index is 1.77. The third kappa shape index (κ3) is 3.05. The van der Waals surface area contributed by atoms with Crippen LogP contribution in [0.25, 0.3) is 0 Å². The van der Waals surface area contributed by atoms with Gasteiger partial charge in [0.1, 0.15) is 0 Å². The Morgan fingerprint density at radius 2 is 1.83 bits per heavy atom. The van der Waals surface area contributed by atoms with Crippen LogP contribution in [-0.2, 0) is 4.79 Å². The average Bonchev–Trinajstić information content (AvgIpc) is 2.88. The molecule has 3 nitrogen and oxygen atoms in total. The summed E-state index contributed by atoms with van der Waals surface area (Å²) < 4.78 is 0. The quantitative estimate of drug-likeness (QED) is 0.808. The van der Waals surface area contributed by atoms with Crippen molar-refractivity contribution in [1.82, 2.24) is 5.32 Å². The molecule has 2 fully saturated rings. The van der Waals surface area contributed by atoms with Crippen LogP contribution in [0.3, 0.4) is 0 Å². The van der Waals surface area contributed by atoms with Crippen molar-refractivity contribution >= 4 is 5.91 Å². The summed E-state index contributed by atoms with van der Waals surface area (Å²) in [4.78, 5) is 12.4. The minimum absolute atomic E-state index is 0.0366. The molecule has 0 aromatic heterocycles. The fraction of sp³-hybridized carbons (Fsp3) is 0.933. The number of rotatable bonds is 4. The number of hydrogen-bond donors (Lipinski definition) is 2. The smallest absolute Gasteiger partial charge is 0.226 e. The van der Waals surface area contributed by atoms with Gasteiger partial charge in [0.15, 0.2) is 0 Å². The standard InChI is InChI=1S/C15H28N2O/c1-2-15(9-3-4-10-15)14(18)17-11-12-5-7-13(16)8-6-12/h12-13H,2-11,16H2,1H3,(H,17,18). The van der Waals surface area contributed by atoms with E-state index >= 15 is 0 Å². The largest absolute Gasteiger partial charge is 0.355 e. The van der Waals surface area contributed by atoms with E-state index in [2.05, 4.69) is 12.2 Å². The topological polar surface area (TPSA) is 55.1 Å². The SMILES string of the molecule is CCC1(C(=O)NCC2CCC(N)CC2)CCCC1. The normalized spacial score (nSPS) is 31.2. The lowest BCUT2D eigenvalue weighted by Gasteiger charge is -2.30. The van der Waals surface area contributed by atoms with Gasteiger partial charge in [-0.2, -0.15) is 0 Å². The van der Waals surface area contributed by atoms with Gasteiger partial charge < -0.3 is 11.1 Å². The highest BCUT2D eigenvalue weighted by Gasteiger charge is 2.39. The highest BCUT2D eigenvalue weighted by atomic mass is 16.2. The fourth-order valence-corrected chi connectivity index (χ4v) is 3.61. The molecule has 3 heteroatoms. The van der Waals surface area contributed by atoms with E-state index in [4.69, 9.17) is 5.73 Å². The van der Waals surface area contributed by atoms with Gasteiger partial charge in [-0.3, -0.25) is 4.79 Å². The summed E-state index contributed by atoms with van der Waals surface area (Å²) in [5, 5.41) is 3.22. The zero-order valence-corrected chi connectivity index (χ0v) is 11.7. The molecule has 0 bridgehead atoms. The molecule has 0 atom stereocenters. The molecule has 2 aliphatic carbocycles. The van der Waals surface area contributed by atoms with Crippen LogP contribution in [0.1, 0.15) is 64.7 Å². The minimum atomic E-state index is -0.0366. The van der Waals surface area contributed by atoms with Gasteiger partial charge in [0.25, 0.3) is 0 Å². The molecule has 1 amide bonds. The molecule has 104 valence electrons. The summed E-state index contributed by atoms with van der Waals surface area (Å²) in [6, 6.07) is 0.397. The van der Waals surface area contributed by atoms with Gasteiger partial charge in [0.2, 0.25) is 5.91 Å². The van der Waals surface area contributed by atoms with Gasteiger partial charge in [-0.1, -0.05) is 19.8 Å². The number of nitrogens with one attached hydrogen (secondary N) is 1. The van der Waals surface area contributed by atoms with Gasteiger partial charge in [-0.25, -0.2) is 0 Å². The second-order valence-corrected chi connectivity index (χ2v) is 6.33.